The average molecular weight is 394 g/mol. The third kappa shape index (κ3) is 5.78. The number of likely N-dealkylation sites (N-methyl/N-ethyl adjacent to an activating group) is 1. The van der Waals surface area contributed by atoms with Gasteiger partial charge in [0, 0.05) is 13.1 Å². The van der Waals surface area contributed by atoms with E-state index in [1.165, 1.54) is 11.1 Å². The topological polar surface area (TPSA) is 49.8 Å². The zero-order chi connectivity index (χ0) is 20.8. The van der Waals surface area contributed by atoms with Crippen LogP contribution < -0.4 is 0 Å². The Labute approximate surface area is 173 Å². The maximum Gasteiger partial charge on any atom is 0.332 e. The summed E-state index contributed by atoms with van der Waals surface area (Å²) < 4.78 is 6.17. The van der Waals surface area contributed by atoms with Crippen molar-refractivity contribution in [2.45, 2.75) is 38.9 Å². The second kappa shape index (κ2) is 9.86. The van der Waals surface area contributed by atoms with E-state index in [4.69, 9.17) is 4.74 Å². The molecule has 4 heteroatoms. The first kappa shape index (κ1) is 21.3. The average Bonchev–Trinajstić information content (AvgIpc) is 2.71. The van der Waals surface area contributed by atoms with Crippen LogP contribution in [0, 0.1) is 5.92 Å². The summed E-state index contributed by atoms with van der Waals surface area (Å²) >= 11 is 0. The summed E-state index contributed by atoms with van der Waals surface area (Å²) in [5.74, 6) is -0.670. The van der Waals surface area contributed by atoms with E-state index in [1.54, 1.807) is 0 Å². The van der Waals surface area contributed by atoms with E-state index < -0.39 is 18.2 Å². The predicted octanol–water partition coefficient (Wildman–Crippen LogP) is 5.01. The third-order valence-corrected chi connectivity index (χ3v) is 5.29. The van der Waals surface area contributed by atoms with Crippen molar-refractivity contribution >= 4 is 11.5 Å². The first-order valence-electron chi connectivity index (χ1n) is 10.3. The molecule has 0 amide bonds. The number of carbonyl (C=O) groups is 1. The second-order valence-electron chi connectivity index (χ2n) is 8.26. The van der Waals surface area contributed by atoms with Gasteiger partial charge in [-0.2, -0.15) is 0 Å². The maximum atomic E-state index is 11.8. The largest absolute Gasteiger partial charge is 0.479 e. The van der Waals surface area contributed by atoms with Crippen molar-refractivity contribution in [3.05, 3.63) is 77.4 Å². The van der Waals surface area contributed by atoms with E-state index in [-0.39, 0.29) is 5.92 Å². The van der Waals surface area contributed by atoms with E-state index in [0.717, 1.165) is 30.6 Å². The number of rotatable bonds is 8. The summed E-state index contributed by atoms with van der Waals surface area (Å²) in [6.07, 6.45) is 2.61. The van der Waals surface area contributed by atoms with E-state index in [9.17, 15) is 9.90 Å². The maximum absolute atomic E-state index is 11.8. The van der Waals surface area contributed by atoms with Crippen LogP contribution in [0.4, 0.5) is 0 Å². The van der Waals surface area contributed by atoms with Gasteiger partial charge < -0.3 is 14.7 Å². The number of aliphatic carboxylic acids is 1. The highest BCUT2D eigenvalue weighted by atomic mass is 16.5. The van der Waals surface area contributed by atoms with Gasteiger partial charge in [0.2, 0.25) is 0 Å². The molecule has 0 spiro atoms. The molecular formula is C25H31NO3. The quantitative estimate of drug-likeness (QED) is 0.685. The summed E-state index contributed by atoms with van der Waals surface area (Å²) in [6, 6.07) is 18.2. The van der Waals surface area contributed by atoms with Crippen molar-refractivity contribution in [2.75, 3.05) is 20.1 Å². The van der Waals surface area contributed by atoms with Gasteiger partial charge in [-0.1, -0.05) is 74.5 Å². The molecule has 3 rings (SSSR count). The van der Waals surface area contributed by atoms with Crippen LogP contribution in [0.1, 0.15) is 49.5 Å². The molecule has 2 atom stereocenters. The van der Waals surface area contributed by atoms with E-state index >= 15 is 0 Å². The molecule has 0 radical (unpaired) electrons. The molecule has 29 heavy (non-hydrogen) atoms. The lowest BCUT2D eigenvalue weighted by Gasteiger charge is -2.25. The smallest absolute Gasteiger partial charge is 0.332 e. The van der Waals surface area contributed by atoms with E-state index in [2.05, 4.69) is 42.3 Å². The van der Waals surface area contributed by atoms with E-state index in [0.29, 0.717) is 6.42 Å². The van der Waals surface area contributed by atoms with E-state index in [1.807, 2.05) is 44.2 Å². The molecule has 0 unspecified atom stereocenters. The molecular weight excluding hydrogens is 362 g/mol. The monoisotopic (exact) mass is 393 g/mol. The van der Waals surface area contributed by atoms with Gasteiger partial charge in [-0.25, -0.2) is 4.79 Å². The minimum Gasteiger partial charge on any atom is -0.479 e. The summed E-state index contributed by atoms with van der Waals surface area (Å²) in [4.78, 5) is 14.1. The Morgan fingerprint density at radius 3 is 2.31 bits per heavy atom. The minimum absolute atomic E-state index is 0.241. The Balaban J connectivity index is 1.88. The Morgan fingerprint density at radius 1 is 1.07 bits per heavy atom. The first-order valence-corrected chi connectivity index (χ1v) is 10.3. The lowest BCUT2D eigenvalue weighted by molar-refractivity contribution is -0.154. The molecule has 0 saturated carbocycles. The number of ether oxygens (including phenoxy) is 1. The highest BCUT2D eigenvalue weighted by molar-refractivity contribution is 5.72. The van der Waals surface area contributed by atoms with Crippen molar-refractivity contribution in [1.82, 2.24) is 4.90 Å². The fourth-order valence-corrected chi connectivity index (χ4v) is 3.76. The van der Waals surface area contributed by atoms with Crippen LogP contribution in [0.5, 0.6) is 0 Å². The number of carboxylic acid groups (broad SMARTS) is 1. The molecule has 4 nitrogen and oxygen atoms in total. The molecule has 1 aliphatic rings. The minimum atomic E-state index is -0.911. The second-order valence-corrected chi connectivity index (χ2v) is 8.26. The fraction of sp³-hybridized carbons (Fsp3) is 0.400. The molecule has 154 valence electrons. The molecule has 0 aliphatic carbocycles. The molecule has 0 aromatic heterocycles. The van der Waals surface area contributed by atoms with Crippen molar-refractivity contribution < 1.29 is 14.6 Å². The van der Waals surface area contributed by atoms with Crippen molar-refractivity contribution in [1.29, 1.82) is 0 Å². The number of carboxylic acids is 1. The molecule has 1 heterocycles. The molecule has 1 N–H and O–H groups in total. The highest BCUT2D eigenvalue weighted by Crippen LogP contribution is 2.30. The van der Waals surface area contributed by atoms with Crippen LogP contribution in [0.2, 0.25) is 0 Å². The molecule has 2 aromatic rings. The van der Waals surface area contributed by atoms with Crippen molar-refractivity contribution in [2.24, 2.45) is 5.92 Å². The Bertz CT molecular complexity index is 827. The fourth-order valence-electron chi connectivity index (χ4n) is 3.76. The Kier molecular flexibility index (Phi) is 7.24. The summed E-state index contributed by atoms with van der Waals surface area (Å²) in [7, 11) is 2.14. The SMILES string of the molecule is CC(C)C[C@H](O[C@H](c1ccccc1)c1ccc(C2=CCCN(C)C2)cc1)C(=O)O. The van der Waals surface area contributed by atoms with Gasteiger partial charge in [0.05, 0.1) is 0 Å². The molecule has 0 saturated heterocycles. The molecule has 0 fully saturated rings. The highest BCUT2D eigenvalue weighted by Gasteiger charge is 2.26. The summed E-state index contributed by atoms with van der Waals surface area (Å²) in [5, 5.41) is 9.67. The number of hydrogen-bond donors (Lipinski definition) is 1. The van der Waals surface area contributed by atoms with Crippen LogP contribution in [-0.4, -0.2) is 42.2 Å². The van der Waals surface area contributed by atoms with Crippen molar-refractivity contribution in [3.8, 4) is 0 Å². The first-order chi connectivity index (χ1) is 13.9. The number of benzene rings is 2. The molecule has 1 aliphatic heterocycles. The van der Waals surface area contributed by atoms with Gasteiger partial charge in [0.25, 0.3) is 0 Å². The van der Waals surface area contributed by atoms with Crippen LogP contribution in [0.25, 0.3) is 5.57 Å². The van der Waals surface area contributed by atoms with Gasteiger partial charge in [-0.15, -0.1) is 0 Å². The van der Waals surface area contributed by atoms with Gasteiger partial charge in [-0.3, -0.25) is 0 Å². The zero-order valence-corrected chi connectivity index (χ0v) is 17.5. The van der Waals surface area contributed by atoms with Gasteiger partial charge in [0.1, 0.15) is 6.10 Å². The van der Waals surface area contributed by atoms with Crippen LogP contribution >= 0.6 is 0 Å². The summed E-state index contributed by atoms with van der Waals surface area (Å²) in [5.41, 5.74) is 4.49. The predicted molar refractivity (Wildman–Crippen MR) is 117 cm³/mol. The van der Waals surface area contributed by atoms with Crippen molar-refractivity contribution in [3.63, 3.8) is 0 Å². The van der Waals surface area contributed by atoms with Gasteiger partial charge in [-0.05, 0) is 48.1 Å². The molecule has 0 bridgehead atoms. The van der Waals surface area contributed by atoms with Gasteiger partial charge >= 0.3 is 5.97 Å². The van der Waals surface area contributed by atoms with Crippen LogP contribution in [-0.2, 0) is 9.53 Å². The number of hydrogen-bond acceptors (Lipinski definition) is 3. The van der Waals surface area contributed by atoms with Gasteiger partial charge in [0.15, 0.2) is 6.10 Å². The Morgan fingerprint density at radius 2 is 1.72 bits per heavy atom. The lowest BCUT2D eigenvalue weighted by Crippen LogP contribution is -2.28. The summed E-state index contributed by atoms with van der Waals surface area (Å²) in [6.45, 7) is 6.08. The zero-order valence-electron chi connectivity index (χ0n) is 17.5. The standard InChI is InChI=1S/C25H31NO3/c1-18(2)16-23(25(27)28)29-24(20-8-5-4-6-9-20)21-13-11-19(12-14-21)22-10-7-15-26(3)17-22/h4-6,8-14,18,23-24H,7,15-17H2,1-3H3,(H,27,28)/t23-,24+/m0/s1. The van der Waals surface area contributed by atoms with Crippen LogP contribution in [0.15, 0.2) is 60.7 Å². The molecule has 2 aromatic carbocycles. The third-order valence-electron chi connectivity index (χ3n) is 5.29. The number of nitrogens with zero attached hydrogens (tertiary/aromatic N) is 1. The van der Waals surface area contributed by atoms with Crippen LogP contribution in [0.3, 0.4) is 0 Å². The Hall–Kier alpha value is -2.43. The lowest BCUT2D eigenvalue weighted by atomic mass is 9.96. The normalized spacial score (nSPS) is 17.0.